The number of anilines is 1. The molecule has 0 aliphatic carbocycles. The summed E-state index contributed by atoms with van der Waals surface area (Å²) in [7, 11) is 0. The fourth-order valence-electron chi connectivity index (χ4n) is 3.44. The normalized spacial score (nSPS) is 14.7. The second-order valence-electron chi connectivity index (χ2n) is 6.91. The van der Waals surface area contributed by atoms with Crippen molar-refractivity contribution < 1.29 is 9.18 Å². The molecule has 2 aromatic carbocycles. The van der Waals surface area contributed by atoms with Crippen molar-refractivity contribution in [3.63, 3.8) is 0 Å². The van der Waals surface area contributed by atoms with Crippen LogP contribution in [0.2, 0.25) is 0 Å². The molecular weight excluding hydrogens is 327 g/mol. The number of aryl methyl sites for hydroxylation is 1. The highest BCUT2D eigenvalue weighted by molar-refractivity contribution is 5.94. The van der Waals surface area contributed by atoms with E-state index in [1.54, 1.807) is 12.1 Å². The van der Waals surface area contributed by atoms with E-state index in [0.717, 1.165) is 25.9 Å². The van der Waals surface area contributed by atoms with E-state index in [-0.39, 0.29) is 11.5 Å². The molecular formula is C22H27FN2O. The predicted molar refractivity (Wildman–Crippen MR) is 104 cm³/mol. The van der Waals surface area contributed by atoms with Crippen molar-refractivity contribution >= 4 is 11.6 Å². The molecule has 0 bridgehead atoms. The van der Waals surface area contributed by atoms with Gasteiger partial charge in [0.1, 0.15) is 5.82 Å². The third kappa shape index (κ3) is 5.07. The molecule has 1 aliphatic rings. The number of rotatable bonds is 6. The zero-order valence-electron chi connectivity index (χ0n) is 15.2. The van der Waals surface area contributed by atoms with Gasteiger partial charge in [0, 0.05) is 25.3 Å². The monoisotopic (exact) mass is 354 g/mol. The van der Waals surface area contributed by atoms with Gasteiger partial charge in [0.2, 0.25) is 0 Å². The van der Waals surface area contributed by atoms with E-state index in [4.69, 9.17) is 0 Å². The van der Waals surface area contributed by atoms with E-state index in [9.17, 15) is 9.18 Å². The van der Waals surface area contributed by atoms with Crippen LogP contribution in [0.3, 0.4) is 0 Å². The smallest absolute Gasteiger partial charge is 0.254 e. The number of nitrogens with zero attached hydrogens (tertiary/aromatic N) is 1. The molecule has 1 N–H and O–H groups in total. The zero-order chi connectivity index (χ0) is 18.2. The van der Waals surface area contributed by atoms with Crippen LogP contribution < -0.4 is 10.2 Å². The third-order valence-corrected chi connectivity index (χ3v) is 4.95. The Morgan fingerprint density at radius 2 is 1.65 bits per heavy atom. The number of hydrogen-bond acceptors (Lipinski definition) is 2. The standard InChI is InChI=1S/C22H27FN2O/c23-21-10-4-3-9-20(21)22(26)24-15-7-8-18-11-13-19(14-12-18)25-16-5-1-2-6-17-25/h3-4,9-14H,1-2,5-8,15-17H2,(H,24,26). The lowest BCUT2D eigenvalue weighted by molar-refractivity contribution is 0.0949. The van der Waals surface area contributed by atoms with Crippen LogP contribution in [0.15, 0.2) is 48.5 Å². The molecule has 1 aliphatic heterocycles. The van der Waals surface area contributed by atoms with Crippen molar-refractivity contribution in [3.8, 4) is 0 Å². The Hall–Kier alpha value is -2.36. The first-order valence-corrected chi connectivity index (χ1v) is 9.60. The van der Waals surface area contributed by atoms with Gasteiger partial charge in [-0.3, -0.25) is 4.79 Å². The van der Waals surface area contributed by atoms with Crippen molar-refractivity contribution in [2.45, 2.75) is 38.5 Å². The minimum atomic E-state index is -0.478. The highest BCUT2D eigenvalue weighted by atomic mass is 19.1. The molecule has 1 heterocycles. The second kappa shape index (κ2) is 9.37. The first-order chi connectivity index (χ1) is 12.7. The Morgan fingerprint density at radius 1 is 0.962 bits per heavy atom. The van der Waals surface area contributed by atoms with Gasteiger partial charge in [-0.25, -0.2) is 4.39 Å². The number of halogens is 1. The average Bonchev–Trinajstić information content (AvgIpc) is 2.95. The maximum atomic E-state index is 13.6. The second-order valence-corrected chi connectivity index (χ2v) is 6.91. The summed E-state index contributed by atoms with van der Waals surface area (Å²) in [4.78, 5) is 14.4. The fraction of sp³-hybridized carbons (Fsp3) is 0.409. The van der Waals surface area contributed by atoms with Crippen LogP contribution in [0, 0.1) is 5.82 Å². The Labute approximate surface area is 155 Å². The highest BCUT2D eigenvalue weighted by Crippen LogP contribution is 2.20. The molecule has 1 fully saturated rings. The largest absolute Gasteiger partial charge is 0.372 e. The summed E-state index contributed by atoms with van der Waals surface area (Å²) in [6.45, 7) is 2.85. The lowest BCUT2D eigenvalue weighted by atomic mass is 10.1. The number of hydrogen-bond donors (Lipinski definition) is 1. The molecule has 3 rings (SSSR count). The molecule has 0 unspecified atom stereocenters. The Kier molecular flexibility index (Phi) is 6.64. The van der Waals surface area contributed by atoms with Crippen molar-refractivity contribution in [2.75, 3.05) is 24.5 Å². The number of benzene rings is 2. The average molecular weight is 354 g/mol. The van der Waals surface area contributed by atoms with E-state index in [1.807, 2.05) is 0 Å². The molecule has 3 nitrogen and oxygen atoms in total. The van der Waals surface area contributed by atoms with E-state index < -0.39 is 5.82 Å². The molecule has 4 heteroatoms. The van der Waals surface area contributed by atoms with E-state index in [0.29, 0.717) is 6.54 Å². The van der Waals surface area contributed by atoms with Gasteiger partial charge in [0.15, 0.2) is 0 Å². The van der Waals surface area contributed by atoms with E-state index >= 15 is 0 Å². The van der Waals surface area contributed by atoms with Crippen molar-refractivity contribution in [1.82, 2.24) is 5.32 Å². The molecule has 1 saturated heterocycles. The lowest BCUT2D eigenvalue weighted by Gasteiger charge is -2.22. The van der Waals surface area contributed by atoms with Gasteiger partial charge >= 0.3 is 0 Å². The molecule has 26 heavy (non-hydrogen) atoms. The molecule has 0 radical (unpaired) electrons. The number of nitrogens with one attached hydrogen (secondary N) is 1. The highest BCUT2D eigenvalue weighted by Gasteiger charge is 2.11. The minimum absolute atomic E-state index is 0.106. The molecule has 138 valence electrons. The van der Waals surface area contributed by atoms with Crippen molar-refractivity contribution in [3.05, 3.63) is 65.5 Å². The van der Waals surface area contributed by atoms with Crippen LogP contribution >= 0.6 is 0 Å². The summed E-state index contributed by atoms with van der Waals surface area (Å²) in [6.07, 6.45) is 6.98. The summed E-state index contributed by atoms with van der Waals surface area (Å²) >= 11 is 0. The van der Waals surface area contributed by atoms with Gasteiger partial charge in [-0.15, -0.1) is 0 Å². The first kappa shape index (κ1) is 18.4. The van der Waals surface area contributed by atoms with Gasteiger partial charge < -0.3 is 10.2 Å². The van der Waals surface area contributed by atoms with Gasteiger partial charge in [-0.2, -0.15) is 0 Å². The van der Waals surface area contributed by atoms with Crippen LogP contribution in [0.25, 0.3) is 0 Å². The molecule has 1 amide bonds. The van der Waals surface area contributed by atoms with Gasteiger partial charge in [-0.1, -0.05) is 37.1 Å². The van der Waals surface area contributed by atoms with Gasteiger partial charge in [-0.05, 0) is 55.5 Å². The van der Waals surface area contributed by atoms with Crippen LogP contribution in [-0.4, -0.2) is 25.5 Å². The minimum Gasteiger partial charge on any atom is -0.372 e. The van der Waals surface area contributed by atoms with Crippen LogP contribution in [0.1, 0.15) is 48.0 Å². The lowest BCUT2D eigenvalue weighted by Crippen LogP contribution is -2.25. The Morgan fingerprint density at radius 3 is 2.35 bits per heavy atom. The molecule has 0 saturated carbocycles. The van der Waals surface area contributed by atoms with Crippen molar-refractivity contribution in [1.29, 1.82) is 0 Å². The summed E-state index contributed by atoms with van der Waals surface area (Å²) in [6, 6.07) is 14.8. The fourth-order valence-corrected chi connectivity index (χ4v) is 3.44. The van der Waals surface area contributed by atoms with Gasteiger partial charge in [0.25, 0.3) is 5.91 Å². The maximum absolute atomic E-state index is 13.6. The summed E-state index contributed by atoms with van der Waals surface area (Å²) in [5.74, 6) is -0.825. The predicted octanol–water partition coefficient (Wildman–Crippen LogP) is 4.57. The zero-order valence-corrected chi connectivity index (χ0v) is 15.2. The van der Waals surface area contributed by atoms with Gasteiger partial charge in [0.05, 0.1) is 5.56 Å². The molecule has 0 spiro atoms. The van der Waals surface area contributed by atoms with Crippen molar-refractivity contribution in [2.24, 2.45) is 0 Å². The Bertz CT molecular complexity index is 706. The molecule has 0 atom stereocenters. The van der Waals surface area contributed by atoms with Crippen LogP contribution in [0.5, 0.6) is 0 Å². The quantitative estimate of drug-likeness (QED) is 0.771. The SMILES string of the molecule is O=C(NCCCc1ccc(N2CCCCCC2)cc1)c1ccccc1F. The Balaban J connectivity index is 1.43. The van der Waals surface area contributed by atoms with Crippen LogP contribution in [-0.2, 0) is 6.42 Å². The first-order valence-electron chi connectivity index (χ1n) is 9.60. The van der Waals surface area contributed by atoms with Crippen LogP contribution in [0.4, 0.5) is 10.1 Å². The summed E-state index contributed by atoms with van der Waals surface area (Å²) < 4.78 is 13.6. The van der Waals surface area contributed by atoms with E-state index in [1.165, 1.54) is 49.1 Å². The topological polar surface area (TPSA) is 32.3 Å². The number of carbonyl (C=O) groups excluding carboxylic acids is 1. The third-order valence-electron chi connectivity index (χ3n) is 4.95. The molecule has 2 aromatic rings. The number of amides is 1. The summed E-state index contributed by atoms with van der Waals surface area (Å²) in [5.41, 5.74) is 2.68. The van der Waals surface area contributed by atoms with E-state index in [2.05, 4.69) is 34.5 Å². The molecule has 0 aromatic heterocycles. The maximum Gasteiger partial charge on any atom is 0.254 e. The number of carbonyl (C=O) groups is 1. The summed E-state index contributed by atoms with van der Waals surface area (Å²) in [5, 5.41) is 2.79.